The van der Waals surface area contributed by atoms with Crippen molar-refractivity contribution in [3.05, 3.63) is 74.9 Å². The highest BCUT2D eigenvalue weighted by Crippen LogP contribution is 2.17. The number of rotatable bonds is 5. The van der Waals surface area contributed by atoms with Crippen LogP contribution in [0, 0.1) is 0 Å². The number of carbonyl (C=O) groups is 2. The number of hydrogen-bond acceptors (Lipinski definition) is 5. The summed E-state index contributed by atoms with van der Waals surface area (Å²) in [5.41, 5.74) is -0.851. The number of aliphatic carboxylic acids is 1. The van der Waals surface area contributed by atoms with Crippen molar-refractivity contribution in [1.29, 1.82) is 0 Å². The molecule has 1 heterocycles. The summed E-state index contributed by atoms with van der Waals surface area (Å²) in [6.45, 7) is -0.638. The van der Waals surface area contributed by atoms with Gasteiger partial charge in [-0.2, -0.15) is 0 Å². The maximum absolute atomic E-state index is 12.4. The normalized spacial score (nSPS) is 11.9. The Balaban J connectivity index is 1.87. The second-order valence-electron chi connectivity index (χ2n) is 5.80. The smallest absolute Gasteiger partial charge is 0.330 e. The van der Waals surface area contributed by atoms with Crippen molar-refractivity contribution in [2.24, 2.45) is 0 Å². The number of hydrogen-bond donors (Lipinski definition) is 4. The molecule has 1 atom stereocenters. The van der Waals surface area contributed by atoms with E-state index >= 15 is 0 Å². The zero-order chi connectivity index (χ0) is 19.6. The molecular formula is C18H15N3O6. The van der Waals surface area contributed by atoms with Gasteiger partial charge in [-0.25, -0.2) is 9.59 Å². The Hall–Kier alpha value is -3.88. The number of carboxylic acids is 1. The first-order valence-corrected chi connectivity index (χ1v) is 7.90. The minimum atomic E-state index is -1.40. The zero-order valence-electron chi connectivity index (χ0n) is 13.9. The van der Waals surface area contributed by atoms with Crippen molar-refractivity contribution in [3.8, 4) is 5.75 Å². The third kappa shape index (κ3) is 3.71. The summed E-state index contributed by atoms with van der Waals surface area (Å²) in [4.78, 5) is 50.8. The highest BCUT2D eigenvalue weighted by Gasteiger charge is 2.23. The van der Waals surface area contributed by atoms with Crippen LogP contribution in [-0.4, -0.2) is 31.6 Å². The molecule has 0 saturated heterocycles. The molecule has 3 rings (SSSR count). The Labute approximate surface area is 151 Å². The summed E-state index contributed by atoms with van der Waals surface area (Å²) in [5, 5.41) is 21.1. The molecule has 0 spiro atoms. The second-order valence-corrected chi connectivity index (χ2v) is 5.80. The Morgan fingerprint density at radius 2 is 1.74 bits per heavy atom. The minimum Gasteiger partial charge on any atom is -0.508 e. The highest BCUT2D eigenvalue weighted by molar-refractivity contribution is 5.84. The average Bonchev–Trinajstić information content (AvgIpc) is 2.64. The molecule has 0 saturated carbocycles. The summed E-state index contributed by atoms with van der Waals surface area (Å²) in [6.07, 6.45) is 0. The predicted molar refractivity (Wildman–Crippen MR) is 95.5 cm³/mol. The minimum absolute atomic E-state index is 0.0523. The Morgan fingerprint density at radius 3 is 2.41 bits per heavy atom. The first-order valence-electron chi connectivity index (χ1n) is 7.90. The molecule has 4 N–H and O–H groups in total. The largest absolute Gasteiger partial charge is 0.508 e. The molecule has 1 unspecified atom stereocenters. The number of phenols is 1. The first-order chi connectivity index (χ1) is 12.9. The van der Waals surface area contributed by atoms with Gasteiger partial charge < -0.3 is 20.5 Å². The van der Waals surface area contributed by atoms with Gasteiger partial charge >= 0.3 is 11.7 Å². The number of benzene rings is 2. The number of fused-ring (bicyclic) bond motifs is 1. The van der Waals surface area contributed by atoms with E-state index in [1.807, 2.05) is 0 Å². The lowest BCUT2D eigenvalue weighted by atomic mass is 10.1. The van der Waals surface area contributed by atoms with Crippen LogP contribution < -0.4 is 16.6 Å². The number of phenolic OH excluding ortho intramolecular Hbond substituents is 1. The highest BCUT2D eigenvalue weighted by atomic mass is 16.4. The van der Waals surface area contributed by atoms with Crippen LogP contribution in [0.15, 0.2) is 58.1 Å². The van der Waals surface area contributed by atoms with Gasteiger partial charge in [-0.1, -0.05) is 24.3 Å². The quantitative estimate of drug-likeness (QED) is 0.511. The van der Waals surface area contributed by atoms with E-state index in [1.165, 1.54) is 30.3 Å². The Morgan fingerprint density at radius 1 is 1.07 bits per heavy atom. The van der Waals surface area contributed by atoms with E-state index in [0.717, 1.165) is 0 Å². The number of para-hydroxylation sites is 1. The number of H-pyrrole nitrogens is 1. The van der Waals surface area contributed by atoms with E-state index in [9.17, 15) is 29.4 Å². The third-order valence-electron chi connectivity index (χ3n) is 3.97. The molecule has 2 aromatic carbocycles. The van der Waals surface area contributed by atoms with Gasteiger partial charge in [-0.15, -0.1) is 0 Å². The van der Waals surface area contributed by atoms with Crippen molar-refractivity contribution < 1.29 is 19.8 Å². The van der Waals surface area contributed by atoms with Crippen molar-refractivity contribution in [1.82, 2.24) is 14.9 Å². The van der Waals surface area contributed by atoms with E-state index in [0.29, 0.717) is 10.1 Å². The van der Waals surface area contributed by atoms with Crippen molar-refractivity contribution in [2.75, 3.05) is 0 Å². The summed E-state index contributed by atoms with van der Waals surface area (Å²) < 4.78 is 0.702. The average molecular weight is 369 g/mol. The van der Waals surface area contributed by atoms with Gasteiger partial charge in [-0.05, 0) is 29.8 Å². The number of amides is 1. The van der Waals surface area contributed by atoms with Crippen LogP contribution in [0.25, 0.3) is 10.9 Å². The van der Waals surface area contributed by atoms with Gasteiger partial charge in [-0.3, -0.25) is 14.2 Å². The van der Waals surface area contributed by atoms with Gasteiger partial charge in [0.15, 0.2) is 6.04 Å². The maximum Gasteiger partial charge on any atom is 0.330 e. The molecule has 0 aliphatic heterocycles. The van der Waals surface area contributed by atoms with E-state index in [-0.39, 0.29) is 16.7 Å². The summed E-state index contributed by atoms with van der Waals surface area (Å²) >= 11 is 0. The van der Waals surface area contributed by atoms with Crippen LogP contribution >= 0.6 is 0 Å². The zero-order valence-corrected chi connectivity index (χ0v) is 13.9. The Bertz CT molecular complexity index is 1130. The van der Waals surface area contributed by atoms with Crippen LogP contribution in [0.4, 0.5) is 0 Å². The monoisotopic (exact) mass is 369 g/mol. The lowest BCUT2D eigenvalue weighted by Crippen LogP contribution is -2.42. The third-order valence-corrected chi connectivity index (χ3v) is 3.97. The fraction of sp³-hybridized carbons (Fsp3) is 0.111. The number of nitrogens with zero attached hydrogens (tertiary/aromatic N) is 1. The molecule has 9 heteroatoms. The topological polar surface area (TPSA) is 141 Å². The molecule has 3 aromatic rings. The number of nitrogens with one attached hydrogen (secondary N) is 2. The van der Waals surface area contributed by atoms with Crippen LogP contribution in [0.2, 0.25) is 0 Å². The Kier molecular flexibility index (Phi) is 4.75. The molecule has 27 heavy (non-hydrogen) atoms. The number of aromatic amines is 1. The van der Waals surface area contributed by atoms with E-state index in [4.69, 9.17) is 0 Å². The molecular weight excluding hydrogens is 354 g/mol. The lowest BCUT2D eigenvalue weighted by Gasteiger charge is -2.15. The van der Waals surface area contributed by atoms with Gasteiger partial charge in [0.1, 0.15) is 12.3 Å². The van der Waals surface area contributed by atoms with Crippen LogP contribution in [0.1, 0.15) is 11.6 Å². The summed E-state index contributed by atoms with van der Waals surface area (Å²) in [7, 11) is 0. The van der Waals surface area contributed by atoms with E-state index < -0.39 is 35.7 Å². The van der Waals surface area contributed by atoms with Gasteiger partial charge in [0.2, 0.25) is 5.91 Å². The number of aromatic hydroxyl groups is 1. The maximum atomic E-state index is 12.4. The molecule has 0 radical (unpaired) electrons. The second kappa shape index (κ2) is 7.16. The lowest BCUT2D eigenvalue weighted by molar-refractivity contribution is -0.142. The molecule has 9 nitrogen and oxygen atoms in total. The van der Waals surface area contributed by atoms with Gasteiger partial charge in [0, 0.05) is 0 Å². The summed E-state index contributed by atoms with van der Waals surface area (Å²) in [6, 6.07) is 10.2. The first kappa shape index (κ1) is 17.9. The fourth-order valence-electron chi connectivity index (χ4n) is 2.65. The molecule has 138 valence electrons. The molecule has 0 aliphatic rings. The molecule has 0 bridgehead atoms. The fourth-order valence-corrected chi connectivity index (χ4v) is 2.65. The molecule has 0 aliphatic carbocycles. The van der Waals surface area contributed by atoms with Crippen LogP contribution in [0.3, 0.4) is 0 Å². The SMILES string of the molecule is O=C(Cn1c(=O)[nH]c2ccccc2c1=O)NC(C(=O)O)c1ccc(O)cc1. The van der Waals surface area contributed by atoms with Crippen molar-refractivity contribution >= 4 is 22.8 Å². The van der Waals surface area contributed by atoms with Crippen molar-refractivity contribution in [3.63, 3.8) is 0 Å². The van der Waals surface area contributed by atoms with Crippen LogP contribution in [0.5, 0.6) is 5.75 Å². The van der Waals surface area contributed by atoms with E-state index in [2.05, 4.69) is 10.3 Å². The number of aromatic nitrogens is 2. The standard InChI is InChI=1S/C18H15N3O6/c22-11-7-5-10(6-8-11)15(17(25)26)20-14(23)9-21-16(24)12-3-1-2-4-13(12)19-18(21)27/h1-8,15,22H,9H2,(H,19,27)(H,20,23)(H,25,26). The van der Waals surface area contributed by atoms with Crippen LogP contribution in [-0.2, 0) is 16.1 Å². The number of carboxylic acid groups (broad SMARTS) is 1. The summed E-state index contributed by atoms with van der Waals surface area (Å²) in [5.74, 6) is -2.20. The predicted octanol–water partition coefficient (Wildman–Crippen LogP) is 0.337. The van der Waals surface area contributed by atoms with Crippen molar-refractivity contribution in [2.45, 2.75) is 12.6 Å². The van der Waals surface area contributed by atoms with Gasteiger partial charge in [0.05, 0.1) is 10.9 Å². The number of carbonyl (C=O) groups excluding carboxylic acids is 1. The molecule has 0 fully saturated rings. The van der Waals surface area contributed by atoms with Gasteiger partial charge in [0.25, 0.3) is 5.56 Å². The molecule has 1 amide bonds. The van der Waals surface area contributed by atoms with E-state index in [1.54, 1.807) is 18.2 Å². The molecule has 1 aromatic heterocycles.